The highest BCUT2D eigenvalue weighted by atomic mass is 35.5. The smallest absolute Gasteiger partial charge is 0.387 e. The van der Waals surface area contributed by atoms with Crippen molar-refractivity contribution >= 4 is 11.6 Å². The summed E-state index contributed by atoms with van der Waals surface area (Å²) in [5.74, 6) is 0.298. The Morgan fingerprint density at radius 3 is 2.27 bits per heavy atom. The molecule has 3 rings (SSSR count). The number of nitrogens with zero attached hydrogens (tertiary/aromatic N) is 1. The Bertz CT molecular complexity index is 807. The van der Waals surface area contributed by atoms with Crippen LogP contribution in [0.25, 0.3) is 0 Å². The maximum atomic E-state index is 12.7. The molecule has 0 radical (unpaired) electrons. The minimum absolute atomic E-state index is 0.107. The van der Waals surface area contributed by atoms with Crippen molar-refractivity contribution < 1.29 is 23.0 Å². The highest BCUT2D eigenvalue weighted by Gasteiger charge is 2.25. The zero-order chi connectivity index (χ0) is 21.5. The van der Waals surface area contributed by atoms with E-state index in [1.165, 1.54) is 27.1 Å². The third-order valence-corrected chi connectivity index (χ3v) is 5.58. The third kappa shape index (κ3) is 5.53. The predicted octanol–water partition coefficient (Wildman–Crippen LogP) is 4.89. The lowest BCUT2D eigenvalue weighted by molar-refractivity contribution is -0.0526. The summed E-state index contributed by atoms with van der Waals surface area (Å²) in [6, 6.07) is 11.4. The lowest BCUT2D eigenvalue weighted by Crippen LogP contribution is -2.34. The Kier molecular flexibility index (Phi) is 8.13. The molecule has 1 N–H and O–H groups in total. The van der Waals surface area contributed by atoms with Gasteiger partial charge in [0.15, 0.2) is 11.5 Å². The third-order valence-electron chi connectivity index (χ3n) is 5.24. The Morgan fingerprint density at radius 2 is 1.70 bits per heavy atom. The molecule has 0 amide bonds. The lowest BCUT2D eigenvalue weighted by Gasteiger charge is -2.29. The lowest BCUT2D eigenvalue weighted by atomic mass is 10.0. The van der Waals surface area contributed by atoms with E-state index in [-0.39, 0.29) is 23.3 Å². The molecule has 1 fully saturated rings. The second kappa shape index (κ2) is 10.8. The van der Waals surface area contributed by atoms with E-state index in [4.69, 9.17) is 21.1 Å². The van der Waals surface area contributed by atoms with E-state index in [9.17, 15) is 8.78 Å². The summed E-state index contributed by atoms with van der Waals surface area (Å²) >= 11 is 6.47. The van der Waals surface area contributed by atoms with Crippen LogP contribution in [0, 0.1) is 0 Å². The fourth-order valence-corrected chi connectivity index (χ4v) is 4.09. The molecule has 0 saturated carbocycles. The van der Waals surface area contributed by atoms with Gasteiger partial charge in [0.25, 0.3) is 0 Å². The van der Waals surface area contributed by atoms with Gasteiger partial charge in [-0.1, -0.05) is 29.8 Å². The Labute approximate surface area is 180 Å². The Morgan fingerprint density at radius 1 is 1.07 bits per heavy atom. The number of benzene rings is 2. The molecule has 1 saturated heterocycles. The minimum Gasteiger partial charge on any atom is -0.493 e. The van der Waals surface area contributed by atoms with Crippen LogP contribution in [0.1, 0.15) is 30.0 Å². The van der Waals surface area contributed by atoms with Crippen molar-refractivity contribution in [3.8, 4) is 17.2 Å². The molecule has 30 heavy (non-hydrogen) atoms. The molecular formula is C22H27ClF2N2O3. The van der Waals surface area contributed by atoms with Crippen LogP contribution in [0.2, 0.25) is 5.02 Å². The molecule has 1 atom stereocenters. The largest absolute Gasteiger partial charge is 0.493 e. The molecule has 0 aliphatic carbocycles. The second-order valence-corrected chi connectivity index (χ2v) is 7.53. The fourth-order valence-electron chi connectivity index (χ4n) is 3.83. The second-order valence-electron chi connectivity index (χ2n) is 7.12. The van der Waals surface area contributed by atoms with E-state index in [0.29, 0.717) is 13.1 Å². The molecule has 0 aromatic heterocycles. The van der Waals surface area contributed by atoms with E-state index < -0.39 is 6.61 Å². The average Bonchev–Trinajstić information content (AvgIpc) is 3.26. The van der Waals surface area contributed by atoms with Crippen LogP contribution in [0.5, 0.6) is 17.2 Å². The number of methoxy groups -OCH3 is 2. The van der Waals surface area contributed by atoms with E-state index >= 15 is 0 Å². The first kappa shape index (κ1) is 22.6. The molecule has 2 aromatic carbocycles. The quantitative estimate of drug-likeness (QED) is 0.570. The average molecular weight is 441 g/mol. The zero-order valence-corrected chi connectivity index (χ0v) is 17.9. The molecule has 8 heteroatoms. The van der Waals surface area contributed by atoms with Gasteiger partial charge in [0.2, 0.25) is 5.75 Å². The Balaban J connectivity index is 1.74. The summed E-state index contributed by atoms with van der Waals surface area (Å²) in [4.78, 5) is 2.44. The number of hydrogen-bond acceptors (Lipinski definition) is 5. The summed E-state index contributed by atoms with van der Waals surface area (Å²) in [5, 5.41) is 4.22. The summed E-state index contributed by atoms with van der Waals surface area (Å²) in [6.45, 7) is 0.325. The minimum atomic E-state index is -2.96. The van der Waals surface area contributed by atoms with E-state index in [0.717, 1.165) is 29.2 Å². The summed E-state index contributed by atoms with van der Waals surface area (Å²) < 4.78 is 40.5. The van der Waals surface area contributed by atoms with Gasteiger partial charge in [-0.05, 0) is 55.3 Å². The van der Waals surface area contributed by atoms with E-state index in [1.807, 2.05) is 18.2 Å². The summed E-state index contributed by atoms with van der Waals surface area (Å²) in [6.07, 6.45) is 2.36. The van der Waals surface area contributed by atoms with Crippen molar-refractivity contribution in [3.63, 3.8) is 0 Å². The van der Waals surface area contributed by atoms with Crippen LogP contribution in [0.3, 0.4) is 0 Å². The van der Waals surface area contributed by atoms with Crippen molar-refractivity contribution in [3.05, 3.63) is 52.5 Å². The monoisotopic (exact) mass is 440 g/mol. The van der Waals surface area contributed by atoms with Crippen LogP contribution in [0.15, 0.2) is 36.4 Å². The standard InChI is InChI=1S/C22H27ClF2N2O3/c1-28-19-11-15(12-20(29-2)21(19)30-22(24)25)13-26-14-18(27-9-5-6-10-27)16-7-3-4-8-17(16)23/h3-4,7-8,11-12,18,22,26H,5-6,9-10,13-14H2,1-2H3/t18-/m0/s1. The van der Waals surface area contributed by atoms with Crippen LogP contribution in [0.4, 0.5) is 8.78 Å². The van der Waals surface area contributed by atoms with Gasteiger partial charge >= 0.3 is 6.61 Å². The Hall–Kier alpha value is -2.09. The van der Waals surface area contributed by atoms with Gasteiger partial charge in [0.1, 0.15) is 0 Å². The molecule has 2 aromatic rings. The van der Waals surface area contributed by atoms with Crippen molar-refractivity contribution in [1.29, 1.82) is 0 Å². The first-order valence-corrected chi connectivity index (χ1v) is 10.3. The first-order chi connectivity index (χ1) is 14.5. The van der Waals surface area contributed by atoms with Gasteiger partial charge in [-0.2, -0.15) is 8.78 Å². The predicted molar refractivity (Wildman–Crippen MR) is 113 cm³/mol. The molecule has 1 aliphatic heterocycles. The van der Waals surface area contributed by atoms with Gasteiger partial charge in [0.05, 0.1) is 14.2 Å². The highest BCUT2D eigenvalue weighted by Crippen LogP contribution is 2.39. The number of hydrogen-bond donors (Lipinski definition) is 1. The van der Waals surface area contributed by atoms with Crippen LogP contribution in [-0.2, 0) is 6.54 Å². The normalized spacial score (nSPS) is 15.4. The topological polar surface area (TPSA) is 43.0 Å². The highest BCUT2D eigenvalue weighted by molar-refractivity contribution is 6.31. The van der Waals surface area contributed by atoms with Crippen LogP contribution < -0.4 is 19.5 Å². The summed E-state index contributed by atoms with van der Waals surface area (Å²) in [7, 11) is 2.82. The molecule has 1 heterocycles. The maximum Gasteiger partial charge on any atom is 0.387 e. The fraction of sp³-hybridized carbons (Fsp3) is 0.455. The molecule has 0 spiro atoms. The first-order valence-electron chi connectivity index (χ1n) is 9.92. The van der Waals surface area contributed by atoms with Gasteiger partial charge < -0.3 is 19.5 Å². The van der Waals surface area contributed by atoms with Gasteiger partial charge in [-0.15, -0.1) is 0 Å². The number of alkyl halides is 2. The van der Waals surface area contributed by atoms with Crippen molar-refractivity contribution in [1.82, 2.24) is 10.2 Å². The van der Waals surface area contributed by atoms with Crippen molar-refractivity contribution in [2.75, 3.05) is 33.9 Å². The molecule has 0 bridgehead atoms. The van der Waals surface area contributed by atoms with Crippen molar-refractivity contribution in [2.24, 2.45) is 0 Å². The van der Waals surface area contributed by atoms with Crippen LogP contribution in [-0.4, -0.2) is 45.4 Å². The molecule has 164 valence electrons. The number of rotatable bonds is 10. The number of ether oxygens (including phenoxy) is 3. The SMILES string of the molecule is COc1cc(CNC[C@@H](c2ccccc2Cl)N2CCCC2)cc(OC)c1OC(F)F. The molecule has 1 aliphatic rings. The molecule has 0 unspecified atom stereocenters. The van der Waals surface area contributed by atoms with E-state index in [2.05, 4.69) is 21.0 Å². The van der Waals surface area contributed by atoms with Gasteiger partial charge in [-0.25, -0.2) is 0 Å². The molecule has 5 nitrogen and oxygen atoms in total. The van der Waals surface area contributed by atoms with Gasteiger partial charge in [0, 0.05) is 24.2 Å². The maximum absolute atomic E-state index is 12.7. The zero-order valence-electron chi connectivity index (χ0n) is 17.2. The summed E-state index contributed by atoms with van der Waals surface area (Å²) in [5.41, 5.74) is 1.94. The number of halogens is 3. The van der Waals surface area contributed by atoms with E-state index in [1.54, 1.807) is 12.1 Å². The number of likely N-dealkylation sites (tertiary alicyclic amines) is 1. The number of nitrogens with one attached hydrogen (secondary N) is 1. The van der Waals surface area contributed by atoms with Crippen molar-refractivity contribution in [2.45, 2.75) is 32.0 Å². The van der Waals surface area contributed by atoms with Gasteiger partial charge in [-0.3, -0.25) is 4.90 Å². The molecular weight excluding hydrogens is 414 g/mol. The van der Waals surface area contributed by atoms with Crippen LogP contribution >= 0.6 is 11.6 Å².